The fourth-order valence-corrected chi connectivity index (χ4v) is 4.55. The van der Waals surface area contributed by atoms with Crippen LogP contribution in [0.2, 0.25) is 5.02 Å². The standard InChI is InChI=1S/C14H14ClO5PS/c15-13-6-8-14(9-7-13)22(18,19)20-11-21(16,17)10-12-4-2-1-3-5-12/h1-9H,10-11H2,(H,16,17). The van der Waals surface area contributed by atoms with Crippen molar-refractivity contribution < 1.29 is 22.1 Å². The van der Waals surface area contributed by atoms with Gasteiger partial charge in [0.15, 0.2) is 0 Å². The lowest BCUT2D eigenvalue weighted by molar-refractivity contribution is 0.345. The third-order valence-corrected chi connectivity index (χ3v) is 5.88. The molecule has 0 aromatic heterocycles. The zero-order valence-corrected chi connectivity index (χ0v) is 13.9. The Hall–Kier alpha value is -1.17. The Morgan fingerprint density at radius 3 is 2.23 bits per heavy atom. The van der Waals surface area contributed by atoms with Crippen LogP contribution < -0.4 is 0 Å². The summed E-state index contributed by atoms with van der Waals surface area (Å²) in [6.45, 7) is 0. The minimum Gasteiger partial charge on any atom is -0.342 e. The average Bonchev–Trinajstić information content (AvgIpc) is 2.47. The number of halogens is 1. The van der Waals surface area contributed by atoms with Crippen LogP contribution in [-0.4, -0.2) is 19.7 Å². The normalized spacial score (nSPS) is 14.5. The van der Waals surface area contributed by atoms with Gasteiger partial charge >= 0.3 is 0 Å². The maximum absolute atomic E-state index is 12.1. The van der Waals surface area contributed by atoms with Gasteiger partial charge in [-0.3, -0.25) is 8.75 Å². The molecule has 0 aliphatic carbocycles. The number of benzene rings is 2. The van der Waals surface area contributed by atoms with Crippen LogP contribution in [-0.2, 0) is 25.0 Å². The summed E-state index contributed by atoms with van der Waals surface area (Å²) in [6, 6.07) is 14.0. The minimum absolute atomic E-state index is 0.114. The third kappa shape index (κ3) is 4.93. The van der Waals surface area contributed by atoms with E-state index in [-0.39, 0.29) is 11.1 Å². The van der Waals surface area contributed by atoms with E-state index >= 15 is 0 Å². The lowest BCUT2D eigenvalue weighted by atomic mass is 10.2. The molecule has 0 amide bonds. The van der Waals surface area contributed by atoms with Crippen LogP contribution in [0.5, 0.6) is 0 Å². The van der Waals surface area contributed by atoms with E-state index < -0.39 is 23.8 Å². The summed E-state index contributed by atoms with van der Waals surface area (Å²) in [5.74, 6) is 0. The smallest absolute Gasteiger partial charge is 0.297 e. The van der Waals surface area contributed by atoms with Gasteiger partial charge in [0, 0.05) is 5.02 Å². The zero-order chi connectivity index (χ0) is 16.2. The monoisotopic (exact) mass is 360 g/mol. The van der Waals surface area contributed by atoms with Crippen LogP contribution in [0.25, 0.3) is 0 Å². The SMILES string of the molecule is O=P(O)(COS(=O)(=O)c1ccc(Cl)cc1)Cc1ccccc1. The van der Waals surface area contributed by atoms with E-state index in [2.05, 4.69) is 0 Å². The highest BCUT2D eigenvalue weighted by Crippen LogP contribution is 2.45. The van der Waals surface area contributed by atoms with Gasteiger partial charge in [0.25, 0.3) is 10.1 Å². The molecular weight excluding hydrogens is 347 g/mol. The lowest BCUT2D eigenvalue weighted by Gasteiger charge is -2.12. The molecule has 2 aromatic rings. The fourth-order valence-electron chi connectivity index (χ4n) is 1.74. The molecule has 1 unspecified atom stereocenters. The Balaban J connectivity index is 2.04. The molecule has 1 atom stereocenters. The van der Waals surface area contributed by atoms with Gasteiger partial charge in [-0.1, -0.05) is 41.9 Å². The van der Waals surface area contributed by atoms with Gasteiger partial charge in [0.05, 0.1) is 11.1 Å². The van der Waals surface area contributed by atoms with Crippen molar-refractivity contribution in [1.29, 1.82) is 0 Å². The zero-order valence-electron chi connectivity index (χ0n) is 11.4. The molecule has 0 spiro atoms. The van der Waals surface area contributed by atoms with Gasteiger partial charge in [0.2, 0.25) is 7.37 Å². The summed E-state index contributed by atoms with van der Waals surface area (Å²) in [7, 11) is -7.86. The summed E-state index contributed by atoms with van der Waals surface area (Å²) in [5.41, 5.74) is 0.640. The Morgan fingerprint density at radius 2 is 1.64 bits per heavy atom. The van der Waals surface area contributed by atoms with Crippen molar-refractivity contribution in [3.8, 4) is 0 Å². The molecule has 0 radical (unpaired) electrons. The van der Waals surface area contributed by atoms with Gasteiger partial charge in [-0.2, -0.15) is 8.42 Å². The van der Waals surface area contributed by atoms with Crippen LogP contribution in [0, 0.1) is 0 Å². The van der Waals surface area contributed by atoms with Gasteiger partial charge in [-0.15, -0.1) is 0 Å². The molecule has 5 nitrogen and oxygen atoms in total. The van der Waals surface area contributed by atoms with Crippen LogP contribution in [0.1, 0.15) is 5.56 Å². The van der Waals surface area contributed by atoms with Crippen molar-refractivity contribution in [1.82, 2.24) is 0 Å². The van der Waals surface area contributed by atoms with E-state index in [1.165, 1.54) is 24.3 Å². The second kappa shape index (κ2) is 6.94. The van der Waals surface area contributed by atoms with Gasteiger partial charge in [-0.25, -0.2) is 0 Å². The fraction of sp³-hybridized carbons (Fsp3) is 0.143. The van der Waals surface area contributed by atoms with Crippen LogP contribution in [0.3, 0.4) is 0 Å². The lowest BCUT2D eigenvalue weighted by Crippen LogP contribution is -2.08. The molecule has 0 heterocycles. The Kier molecular flexibility index (Phi) is 5.42. The molecule has 22 heavy (non-hydrogen) atoms. The third-order valence-electron chi connectivity index (χ3n) is 2.78. The number of rotatable bonds is 6. The molecule has 2 aromatic carbocycles. The predicted molar refractivity (Wildman–Crippen MR) is 84.6 cm³/mol. The number of hydrogen-bond acceptors (Lipinski definition) is 4. The van der Waals surface area contributed by atoms with Crippen LogP contribution in [0.4, 0.5) is 0 Å². The molecule has 1 N–H and O–H groups in total. The van der Waals surface area contributed by atoms with E-state index in [1.807, 2.05) is 0 Å². The van der Waals surface area contributed by atoms with E-state index in [9.17, 15) is 17.9 Å². The molecule has 0 saturated carbocycles. The minimum atomic E-state index is -4.09. The number of hydrogen-bond donors (Lipinski definition) is 1. The highest BCUT2D eigenvalue weighted by atomic mass is 35.5. The topological polar surface area (TPSA) is 80.7 Å². The molecule has 0 bridgehead atoms. The Labute approximate surface area is 134 Å². The summed E-state index contributed by atoms with van der Waals surface area (Å²) >= 11 is 5.68. The Bertz CT molecular complexity index is 775. The van der Waals surface area contributed by atoms with E-state index in [4.69, 9.17) is 15.8 Å². The first-order chi connectivity index (χ1) is 10.3. The van der Waals surface area contributed by atoms with Crippen molar-refractivity contribution in [2.75, 3.05) is 6.35 Å². The van der Waals surface area contributed by atoms with Crippen molar-refractivity contribution in [3.63, 3.8) is 0 Å². The van der Waals surface area contributed by atoms with Crippen molar-refractivity contribution in [2.24, 2.45) is 0 Å². The molecule has 2 rings (SSSR count). The van der Waals surface area contributed by atoms with E-state index in [1.54, 1.807) is 30.3 Å². The largest absolute Gasteiger partial charge is 0.342 e. The second-order valence-electron chi connectivity index (χ2n) is 4.65. The summed E-state index contributed by atoms with van der Waals surface area (Å²) < 4.78 is 40.7. The van der Waals surface area contributed by atoms with Crippen molar-refractivity contribution >= 4 is 29.1 Å². The van der Waals surface area contributed by atoms with Gasteiger partial charge in [-0.05, 0) is 29.8 Å². The van der Waals surface area contributed by atoms with Crippen LogP contribution in [0.15, 0.2) is 59.5 Å². The summed E-state index contributed by atoms with van der Waals surface area (Å²) in [6.07, 6.45) is -0.920. The van der Waals surface area contributed by atoms with E-state index in [0.29, 0.717) is 10.6 Å². The van der Waals surface area contributed by atoms with Crippen LogP contribution >= 0.6 is 19.0 Å². The quantitative estimate of drug-likeness (QED) is 0.630. The molecule has 0 fully saturated rings. The molecule has 118 valence electrons. The first kappa shape index (κ1) is 17.2. The average molecular weight is 361 g/mol. The second-order valence-corrected chi connectivity index (χ2v) is 8.96. The Morgan fingerprint density at radius 1 is 1.05 bits per heavy atom. The highest BCUT2D eigenvalue weighted by Gasteiger charge is 2.24. The first-order valence-corrected chi connectivity index (χ1v) is 10.1. The first-order valence-electron chi connectivity index (χ1n) is 6.28. The maximum atomic E-state index is 12.1. The van der Waals surface area contributed by atoms with Crippen molar-refractivity contribution in [3.05, 3.63) is 65.2 Å². The van der Waals surface area contributed by atoms with E-state index in [0.717, 1.165) is 0 Å². The summed E-state index contributed by atoms with van der Waals surface area (Å²) in [5, 5.41) is 0.385. The van der Waals surface area contributed by atoms with Gasteiger partial charge in [0.1, 0.15) is 6.35 Å². The maximum Gasteiger partial charge on any atom is 0.297 e. The summed E-state index contributed by atoms with van der Waals surface area (Å²) in [4.78, 5) is 9.75. The molecule has 0 aliphatic rings. The molecule has 8 heteroatoms. The highest BCUT2D eigenvalue weighted by molar-refractivity contribution is 7.87. The van der Waals surface area contributed by atoms with Gasteiger partial charge < -0.3 is 4.89 Å². The molecule has 0 saturated heterocycles. The molecule has 0 aliphatic heterocycles. The predicted octanol–water partition coefficient (Wildman–Crippen LogP) is 3.47. The molecular formula is C14H14ClO5PS. The van der Waals surface area contributed by atoms with Crippen molar-refractivity contribution in [2.45, 2.75) is 11.1 Å².